The van der Waals surface area contributed by atoms with Crippen LogP contribution in [0.25, 0.3) is 0 Å². The number of hydrogen-bond acceptors (Lipinski definition) is 2. The Bertz CT molecular complexity index is 325. The molecule has 4 nitrogen and oxygen atoms in total. The summed E-state index contributed by atoms with van der Waals surface area (Å²) >= 11 is 0. The van der Waals surface area contributed by atoms with E-state index in [1.807, 2.05) is 0 Å². The van der Waals surface area contributed by atoms with Gasteiger partial charge in [-0.05, 0) is 19.8 Å². The van der Waals surface area contributed by atoms with Gasteiger partial charge in [-0.1, -0.05) is 19.8 Å². The van der Waals surface area contributed by atoms with Crippen LogP contribution in [0.15, 0.2) is 0 Å². The first kappa shape index (κ1) is 14.5. The van der Waals surface area contributed by atoms with E-state index in [1.165, 1.54) is 0 Å². The number of carbonyl (C=O) groups excluding carboxylic acids is 1. The Morgan fingerprint density at radius 2 is 2.00 bits per heavy atom. The van der Waals surface area contributed by atoms with Gasteiger partial charge in [-0.25, -0.2) is 0 Å². The topological polar surface area (TPSA) is 66.4 Å². The van der Waals surface area contributed by atoms with Gasteiger partial charge in [-0.3, -0.25) is 9.59 Å². The second-order valence-corrected chi connectivity index (χ2v) is 4.26. The van der Waals surface area contributed by atoms with Gasteiger partial charge in [0, 0.05) is 6.42 Å². The van der Waals surface area contributed by atoms with Gasteiger partial charge in [0.25, 0.3) is 0 Å². The summed E-state index contributed by atoms with van der Waals surface area (Å²) in [5.41, 5.74) is -1.02. The van der Waals surface area contributed by atoms with Crippen molar-refractivity contribution in [3.05, 3.63) is 0 Å². The second kappa shape index (κ2) is 6.16. The predicted octanol–water partition coefficient (Wildman–Crippen LogP) is 1.26. The van der Waals surface area contributed by atoms with Crippen LogP contribution >= 0.6 is 0 Å². The molecule has 0 heterocycles. The standard InChI is InChI=1S/C12H19NO3/c1-5-6-7-13-10(14)8-12(4,9(2)3)11(15)16/h9H,7-8H2,1-4H3,(H,13,14)(H,15,16). The lowest BCUT2D eigenvalue weighted by Crippen LogP contribution is -2.39. The minimum absolute atomic E-state index is 0.0224. The first-order chi connectivity index (χ1) is 7.34. The quantitative estimate of drug-likeness (QED) is 0.692. The zero-order valence-electron chi connectivity index (χ0n) is 10.3. The monoisotopic (exact) mass is 225 g/mol. The summed E-state index contributed by atoms with van der Waals surface area (Å²) in [6.07, 6.45) is -0.0224. The average Bonchev–Trinajstić information content (AvgIpc) is 2.17. The smallest absolute Gasteiger partial charge is 0.310 e. The maximum Gasteiger partial charge on any atom is 0.310 e. The van der Waals surface area contributed by atoms with Crippen molar-refractivity contribution in [3.8, 4) is 11.8 Å². The number of carbonyl (C=O) groups is 2. The molecule has 0 fully saturated rings. The second-order valence-electron chi connectivity index (χ2n) is 4.26. The Labute approximate surface area is 96.4 Å². The lowest BCUT2D eigenvalue weighted by molar-refractivity contribution is -0.153. The van der Waals surface area contributed by atoms with E-state index in [4.69, 9.17) is 5.11 Å². The average molecular weight is 225 g/mol. The summed E-state index contributed by atoms with van der Waals surface area (Å²) in [4.78, 5) is 22.6. The molecule has 2 N–H and O–H groups in total. The zero-order valence-corrected chi connectivity index (χ0v) is 10.3. The molecule has 16 heavy (non-hydrogen) atoms. The Balaban J connectivity index is 4.46. The van der Waals surface area contributed by atoms with E-state index in [-0.39, 0.29) is 24.8 Å². The molecule has 0 saturated heterocycles. The minimum atomic E-state index is -1.02. The molecule has 0 aromatic carbocycles. The number of rotatable bonds is 5. The largest absolute Gasteiger partial charge is 0.481 e. The highest BCUT2D eigenvalue weighted by atomic mass is 16.4. The minimum Gasteiger partial charge on any atom is -0.481 e. The van der Waals surface area contributed by atoms with Crippen molar-refractivity contribution >= 4 is 11.9 Å². The summed E-state index contributed by atoms with van der Waals surface area (Å²) in [5, 5.41) is 11.7. The molecule has 0 saturated carbocycles. The third-order valence-electron chi connectivity index (χ3n) is 2.84. The molecule has 4 heteroatoms. The molecule has 0 rings (SSSR count). The Morgan fingerprint density at radius 3 is 2.38 bits per heavy atom. The summed E-state index contributed by atoms with van der Waals surface area (Å²) in [7, 11) is 0. The molecule has 1 unspecified atom stereocenters. The van der Waals surface area contributed by atoms with Gasteiger partial charge in [0.15, 0.2) is 0 Å². The lowest BCUT2D eigenvalue weighted by atomic mass is 9.76. The van der Waals surface area contributed by atoms with Gasteiger partial charge in [0.05, 0.1) is 12.0 Å². The molecule has 0 bridgehead atoms. The van der Waals surface area contributed by atoms with Crippen molar-refractivity contribution in [2.75, 3.05) is 6.54 Å². The van der Waals surface area contributed by atoms with Crippen molar-refractivity contribution < 1.29 is 14.7 Å². The van der Waals surface area contributed by atoms with Crippen molar-refractivity contribution in [2.45, 2.75) is 34.1 Å². The van der Waals surface area contributed by atoms with Crippen LogP contribution in [-0.4, -0.2) is 23.5 Å². The fourth-order valence-electron chi connectivity index (χ4n) is 1.15. The third-order valence-corrected chi connectivity index (χ3v) is 2.84. The fourth-order valence-corrected chi connectivity index (χ4v) is 1.15. The number of aliphatic carboxylic acids is 1. The van der Waals surface area contributed by atoms with E-state index in [0.717, 1.165) is 0 Å². The molecule has 1 amide bonds. The van der Waals surface area contributed by atoms with Crippen LogP contribution < -0.4 is 5.32 Å². The molecule has 0 aliphatic carbocycles. The van der Waals surface area contributed by atoms with E-state index in [0.29, 0.717) is 0 Å². The molecular weight excluding hydrogens is 206 g/mol. The summed E-state index contributed by atoms with van der Waals surface area (Å²) in [6, 6.07) is 0. The first-order valence-electron chi connectivity index (χ1n) is 5.24. The Kier molecular flexibility index (Phi) is 5.59. The SMILES string of the molecule is CC#CCNC(=O)CC(C)(C(=O)O)C(C)C. The zero-order chi connectivity index (χ0) is 12.8. The highest BCUT2D eigenvalue weighted by Crippen LogP contribution is 2.31. The first-order valence-corrected chi connectivity index (χ1v) is 5.24. The normalized spacial score (nSPS) is 13.6. The van der Waals surface area contributed by atoms with E-state index in [9.17, 15) is 9.59 Å². The van der Waals surface area contributed by atoms with Gasteiger partial charge in [-0.15, -0.1) is 5.92 Å². The van der Waals surface area contributed by atoms with Crippen LogP contribution in [0.3, 0.4) is 0 Å². The molecule has 0 aromatic heterocycles. The number of amides is 1. The van der Waals surface area contributed by atoms with Crippen LogP contribution in [0, 0.1) is 23.2 Å². The van der Waals surface area contributed by atoms with E-state index in [1.54, 1.807) is 27.7 Å². The van der Waals surface area contributed by atoms with Crippen LogP contribution in [0.4, 0.5) is 0 Å². The van der Waals surface area contributed by atoms with Gasteiger partial charge in [-0.2, -0.15) is 0 Å². The van der Waals surface area contributed by atoms with Crippen molar-refractivity contribution in [3.63, 3.8) is 0 Å². The molecule has 90 valence electrons. The van der Waals surface area contributed by atoms with E-state index in [2.05, 4.69) is 17.2 Å². The van der Waals surface area contributed by atoms with Crippen LogP contribution in [0.1, 0.15) is 34.1 Å². The summed E-state index contributed by atoms with van der Waals surface area (Å²) in [6.45, 7) is 7.14. The van der Waals surface area contributed by atoms with Gasteiger partial charge >= 0.3 is 5.97 Å². The predicted molar refractivity (Wildman–Crippen MR) is 61.7 cm³/mol. The Morgan fingerprint density at radius 1 is 1.44 bits per heavy atom. The van der Waals surface area contributed by atoms with Gasteiger partial charge in [0.2, 0.25) is 5.91 Å². The number of carboxylic acids is 1. The molecule has 0 spiro atoms. The van der Waals surface area contributed by atoms with Crippen molar-refractivity contribution in [1.82, 2.24) is 5.32 Å². The number of nitrogens with one attached hydrogen (secondary N) is 1. The third kappa shape index (κ3) is 3.93. The van der Waals surface area contributed by atoms with E-state index < -0.39 is 11.4 Å². The molecule has 0 aromatic rings. The molecule has 1 atom stereocenters. The number of carboxylic acid groups (broad SMARTS) is 1. The lowest BCUT2D eigenvalue weighted by Gasteiger charge is -2.28. The van der Waals surface area contributed by atoms with Gasteiger partial charge < -0.3 is 10.4 Å². The molecular formula is C12H19NO3. The van der Waals surface area contributed by atoms with Crippen molar-refractivity contribution in [1.29, 1.82) is 0 Å². The molecule has 0 aliphatic heterocycles. The number of hydrogen-bond donors (Lipinski definition) is 2. The van der Waals surface area contributed by atoms with Crippen LogP contribution in [0.2, 0.25) is 0 Å². The maximum atomic E-state index is 11.5. The highest BCUT2D eigenvalue weighted by molar-refractivity contribution is 5.85. The van der Waals surface area contributed by atoms with E-state index >= 15 is 0 Å². The highest BCUT2D eigenvalue weighted by Gasteiger charge is 2.38. The van der Waals surface area contributed by atoms with Gasteiger partial charge in [0.1, 0.15) is 0 Å². The van der Waals surface area contributed by atoms with Crippen molar-refractivity contribution in [2.24, 2.45) is 11.3 Å². The fraction of sp³-hybridized carbons (Fsp3) is 0.667. The summed E-state index contributed by atoms with van der Waals surface area (Å²) in [5.74, 6) is 4.02. The van der Waals surface area contributed by atoms with Crippen LogP contribution in [0.5, 0.6) is 0 Å². The summed E-state index contributed by atoms with van der Waals surface area (Å²) < 4.78 is 0. The maximum absolute atomic E-state index is 11.5. The molecule has 0 aliphatic rings. The van der Waals surface area contributed by atoms with Crippen LogP contribution in [-0.2, 0) is 9.59 Å². The Hall–Kier alpha value is -1.50. The molecule has 0 radical (unpaired) electrons.